The van der Waals surface area contributed by atoms with E-state index in [0.29, 0.717) is 11.7 Å². The number of piperidine rings is 1. The van der Waals surface area contributed by atoms with Gasteiger partial charge in [0, 0.05) is 12.7 Å². The summed E-state index contributed by atoms with van der Waals surface area (Å²) in [6.45, 7) is 6.23. The van der Waals surface area contributed by atoms with E-state index in [1.807, 2.05) is 26.1 Å². The predicted octanol–water partition coefficient (Wildman–Crippen LogP) is 2.16. The van der Waals surface area contributed by atoms with Crippen molar-refractivity contribution in [1.82, 2.24) is 10.3 Å². The van der Waals surface area contributed by atoms with E-state index >= 15 is 0 Å². The quantitative estimate of drug-likeness (QED) is 0.742. The van der Waals surface area contributed by atoms with Crippen LogP contribution in [0.3, 0.4) is 0 Å². The fraction of sp³-hybridized carbons (Fsp3) is 0.583. The van der Waals surface area contributed by atoms with Gasteiger partial charge in [-0.15, -0.1) is 0 Å². The van der Waals surface area contributed by atoms with Crippen molar-refractivity contribution in [1.29, 1.82) is 0 Å². The van der Waals surface area contributed by atoms with Gasteiger partial charge in [0.2, 0.25) is 0 Å². The molecule has 0 aliphatic carbocycles. The summed E-state index contributed by atoms with van der Waals surface area (Å²) in [6.07, 6.45) is 4.42. The van der Waals surface area contributed by atoms with Crippen LogP contribution in [0.15, 0.2) is 18.3 Å². The van der Waals surface area contributed by atoms with Gasteiger partial charge in [-0.1, -0.05) is 19.9 Å². The minimum Gasteiger partial charge on any atom is -0.384 e. The van der Waals surface area contributed by atoms with Gasteiger partial charge in [0.25, 0.3) is 0 Å². The normalized spacial score (nSPS) is 20.3. The van der Waals surface area contributed by atoms with Crippen molar-refractivity contribution in [2.24, 2.45) is 0 Å². The third-order valence-corrected chi connectivity index (χ3v) is 2.58. The lowest BCUT2D eigenvalue weighted by Crippen LogP contribution is -2.28. The largest absolute Gasteiger partial charge is 0.384 e. The lowest BCUT2D eigenvalue weighted by atomic mass is 9.93. The van der Waals surface area contributed by atoms with Gasteiger partial charge in [-0.2, -0.15) is 0 Å². The van der Waals surface area contributed by atoms with Crippen LogP contribution >= 0.6 is 0 Å². The summed E-state index contributed by atoms with van der Waals surface area (Å²) < 4.78 is 0. The van der Waals surface area contributed by atoms with Crippen LogP contribution < -0.4 is 11.1 Å². The third-order valence-electron chi connectivity index (χ3n) is 2.58. The molecule has 0 saturated carbocycles. The maximum absolute atomic E-state index is 5.53. The second-order valence-electron chi connectivity index (χ2n) is 3.56. The Morgan fingerprint density at radius 3 is 2.73 bits per heavy atom. The minimum atomic E-state index is 0.604. The van der Waals surface area contributed by atoms with Gasteiger partial charge in [0.05, 0.1) is 0 Å². The van der Waals surface area contributed by atoms with Crippen LogP contribution in [0.1, 0.15) is 38.2 Å². The van der Waals surface area contributed by atoms with Crippen LogP contribution in [0, 0.1) is 0 Å². The fourth-order valence-corrected chi connectivity index (χ4v) is 1.79. The second kappa shape index (κ2) is 6.40. The summed E-state index contributed by atoms with van der Waals surface area (Å²) in [6, 6.07) is 3.96. The van der Waals surface area contributed by atoms with Crippen molar-refractivity contribution in [3.05, 3.63) is 23.9 Å². The molecule has 1 atom stereocenters. The summed E-state index contributed by atoms with van der Waals surface area (Å²) in [5, 5.41) is 3.39. The fourth-order valence-electron chi connectivity index (χ4n) is 1.79. The molecule has 1 aromatic heterocycles. The molecular weight excluding hydrogens is 186 g/mol. The van der Waals surface area contributed by atoms with Crippen LogP contribution in [-0.2, 0) is 0 Å². The highest BCUT2D eigenvalue weighted by atomic mass is 14.9. The molecule has 3 nitrogen and oxygen atoms in total. The number of nitrogen functional groups attached to an aromatic ring is 1. The number of rotatable bonds is 1. The summed E-state index contributed by atoms with van der Waals surface area (Å²) in [4.78, 5) is 4.10. The van der Waals surface area contributed by atoms with Gasteiger partial charge < -0.3 is 11.1 Å². The number of aromatic nitrogens is 1. The smallest absolute Gasteiger partial charge is 0.123 e. The van der Waals surface area contributed by atoms with E-state index < -0.39 is 0 Å². The maximum atomic E-state index is 5.53. The Morgan fingerprint density at radius 1 is 1.40 bits per heavy atom. The van der Waals surface area contributed by atoms with Crippen molar-refractivity contribution < 1.29 is 0 Å². The zero-order valence-electron chi connectivity index (χ0n) is 9.66. The molecule has 1 unspecified atom stereocenters. The lowest BCUT2D eigenvalue weighted by Gasteiger charge is -2.22. The Morgan fingerprint density at radius 2 is 2.20 bits per heavy atom. The van der Waals surface area contributed by atoms with E-state index in [-0.39, 0.29) is 0 Å². The SMILES string of the molecule is CC.Nc1ccc(C2CCCNC2)cn1. The Balaban J connectivity index is 0.000000531. The number of anilines is 1. The van der Waals surface area contributed by atoms with E-state index in [9.17, 15) is 0 Å². The molecule has 1 aliphatic rings. The van der Waals surface area contributed by atoms with Crippen molar-refractivity contribution in [2.75, 3.05) is 18.8 Å². The highest BCUT2D eigenvalue weighted by Gasteiger charge is 2.14. The molecule has 0 spiro atoms. The first-order valence-electron chi connectivity index (χ1n) is 5.78. The van der Waals surface area contributed by atoms with Crippen LogP contribution in [0.25, 0.3) is 0 Å². The number of nitrogens with two attached hydrogens (primary N) is 1. The zero-order valence-corrected chi connectivity index (χ0v) is 9.66. The molecule has 2 rings (SSSR count). The average molecular weight is 207 g/mol. The van der Waals surface area contributed by atoms with E-state index in [1.165, 1.54) is 18.4 Å². The van der Waals surface area contributed by atoms with Crippen molar-refractivity contribution in [2.45, 2.75) is 32.6 Å². The number of pyridine rings is 1. The molecule has 2 heterocycles. The van der Waals surface area contributed by atoms with Gasteiger partial charge in [-0.05, 0) is 36.9 Å². The third kappa shape index (κ3) is 3.51. The molecule has 15 heavy (non-hydrogen) atoms. The maximum Gasteiger partial charge on any atom is 0.123 e. The van der Waals surface area contributed by atoms with Crippen molar-refractivity contribution in [3.63, 3.8) is 0 Å². The number of hydrogen-bond acceptors (Lipinski definition) is 3. The van der Waals surface area contributed by atoms with E-state index in [1.54, 1.807) is 0 Å². The highest BCUT2D eigenvalue weighted by molar-refractivity contribution is 5.31. The molecule has 3 heteroatoms. The van der Waals surface area contributed by atoms with E-state index in [2.05, 4.69) is 16.4 Å². The molecule has 3 N–H and O–H groups in total. The predicted molar refractivity (Wildman–Crippen MR) is 64.8 cm³/mol. The highest BCUT2D eigenvalue weighted by Crippen LogP contribution is 2.22. The topological polar surface area (TPSA) is 50.9 Å². The number of nitrogens with one attached hydrogen (secondary N) is 1. The monoisotopic (exact) mass is 207 g/mol. The van der Waals surface area contributed by atoms with Crippen molar-refractivity contribution >= 4 is 5.82 Å². The minimum absolute atomic E-state index is 0.604. The number of hydrogen-bond donors (Lipinski definition) is 2. The van der Waals surface area contributed by atoms with Gasteiger partial charge in [0.1, 0.15) is 5.82 Å². The second-order valence-corrected chi connectivity index (χ2v) is 3.56. The van der Waals surface area contributed by atoms with Gasteiger partial charge in [-0.25, -0.2) is 4.98 Å². The van der Waals surface area contributed by atoms with Gasteiger partial charge >= 0.3 is 0 Å². The van der Waals surface area contributed by atoms with Crippen LogP contribution in [0.4, 0.5) is 5.82 Å². The summed E-state index contributed by atoms with van der Waals surface area (Å²) in [7, 11) is 0. The lowest BCUT2D eigenvalue weighted by molar-refractivity contribution is 0.461. The summed E-state index contributed by atoms with van der Waals surface area (Å²) in [5.41, 5.74) is 6.84. The number of nitrogens with zero attached hydrogens (tertiary/aromatic N) is 1. The van der Waals surface area contributed by atoms with E-state index in [0.717, 1.165) is 13.1 Å². The van der Waals surface area contributed by atoms with Crippen LogP contribution in [0.2, 0.25) is 0 Å². The molecule has 1 aliphatic heterocycles. The van der Waals surface area contributed by atoms with Gasteiger partial charge in [-0.3, -0.25) is 0 Å². The standard InChI is InChI=1S/C10H15N3.C2H6/c11-10-4-3-9(7-13-10)8-2-1-5-12-6-8;1-2/h3-4,7-8,12H,1-2,5-6H2,(H2,11,13);1-2H3. The van der Waals surface area contributed by atoms with Crippen molar-refractivity contribution in [3.8, 4) is 0 Å². The van der Waals surface area contributed by atoms with Crippen LogP contribution in [-0.4, -0.2) is 18.1 Å². The molecule has 0 radical (unpaired) electrons. The summed E-state index contributed by atoms with van der Waals surface area (Å²) >= 11 is 0. The first kappa shape index (κ1) is 12.0. The first-order chi connectivity index (χ1) is 7.36. The zero-order chi connectivity index (χ0) is 11.1. The molecular formula is C12H21N3. The Kier molecular flexibility index (Phi) is 5.12. The van der Waals surface area contributed by atoms with Crippen LogP contribution in [0.5, 0.6) is 0 Å². The average Bonchev–Trinajstić information content (AvgIpc) is 2.34. The molecule has 1 saturated heterocycles. The first-order valence-corrected chi connectivity index (χ1v) is 5.78. The molecule has 0 bridgehead atoms. The molecule has 84 valence electrons. The molecule has 1 aromatic rings. The van der Waals surface area contributed by atoms with Gasteiger partial charge in [0.15, 0.2) is 0 Å². The Bertz CT molecular complexity index is 263. The Labute approximate surface area is 92.1 Å². The Hall–Kier alpha value is -1.09. The summed E-state index contributed by atoms with van der Waals surface area (Å²) in [5.74, 6) is 1.23. The van der Waals surface area contributed by atoms with E-state index in [4.69, 9.17) is 5.73 Å². The molecule has 0 aromatic carbocycles. The molecule has 0 amide bonds. The molecule has 1 fully saturated rings.